The molecule has 2 rings (SSSR count). The molecule has 0 aliphatic carbocycles. The summed E-state index contributed by atoms with van der Waals surface area (Å²) in [5.41, 5.74) is 0.632. The zero-order valence-electron chi connectivity index (χ0n) is 12.2. The van der Waals surface area contributed by atoms with Crippen molar-refractivity contribution in [3.8, 4) is 23.0 Å². The zero-order valence-corrected chi connectivity index (χ0v) is 12.2. The van der Waals surface area contributed by atoms with Crippen LogP contribution in [0.5, 0.6) is 23.0 Å². The van der Waals surface area contributed by atoms with Crippen molar-refractivity contribution in [1.29, 1.82) is 0 Å². The first-order valence-corrected chi connectivity index (χ1v) is 6.51. The molecule has 0 fully saturated rings. The monoisotopic (exact) mass is 300 g/mol. The van der Waals surface area contributed by atoms with Gasteiger partial charge in [0.1, 0.15) is 28.6 Å². The Kier molecular flexibility index (Phi) is 4.68. The molecule has 0 aliphatic rings. The average Bonchev–Trinajstić information content (AvgIpc) is 2.52. The lowest BCUT2D eigenvalue weighted by Gasteiger charge is -2.07. The molecular formula is C17H16O5. The Labute approximate surface area is 128 Å². The van der Waals surface area contributed by atoms with E-state index in [9.17, 15) is 15.0 Å². The number of ketones is 1. The molecule has 0 bridgehead atoms. The van der Waals surface area contributed by atoms with E-state index in [4.69, 9.17) is 9.47 Å². The third-order valence-electron chi connectivity index (χ3n) is 3.10. The zero-order chi connectivity index (χ0) is 16.1. The third kappa shape index (κ3) is 3.38. The van der Waals surface area contributed by atoms with Crippen LogP contribution in [0.25, 0.3) is 6.08 Å². The van der Waals surface area contributed by atoms with E-state index >= 15 is 0 Å². The summed E-state index contributed by atoms with van der Waals surface area (Å²) in [6.45, 7) is 0. The second-order valence-corrected chi connectivity index (χ2v) is 4.51. The molecule has 0 aromatic heterocycles. The summed E-state index contributed by atoms with van der Waals surface area (Å²) in [7, 11) is 2.98. The molecule has 2 N–H and O–H groups in total. The second kappa shape index (κ2) is 6.67. The third-order valence-corrected chi connectivity index (χ3v) is 3.10. The molecule has 0 unspecified atom stereocenters. The molecule has 0 amide bonds. The van der Waals surface area contributed by atoms with Crippen LogP contribution in [-0.4, -0.2) is 30.2 Å². The number of ether oxygens (including phenoxy) is 2. The van der Waals surface area contributed by atoms with Gasteiger partial charge in [-0.25, -0.2) is 0 Å². The van der Waals surface area contributed by atoms with E-state index in [1.54, 1.807) is 37.5 Å². The highest BCUT2D eigenvalue weighted by atomic mass is 16.5. The number of allylic oxidation sites excluding steroid dienone is 1. The van der Waals surface area contributed by atoms with Crippen molar-refractivity contribution >= 4 is 11.9 Å². The summed E-state index contributed by atoms with van der Waals surface area (Å²) in [6, 6.07) is 9.66. The van der Waals surface area contributed by atoms with Crippen LogP contribution in [0.3, 0.4) is 0 Å². The van der Waals surface area contributed by atoms with E-state index in [-0.39, 0.29) is 22.8 Å². The van der Waals surface area contributed by atoms with Crippen LogP contribution in [-0.2, 0) is 0 Å². The molecule has 2 aromatic rings. The Balaban J connectivity index is 2.23. The van der Waals surface area contributed by atoms with Crippen molar-refractivity contribution < 1.29 is 24.5 Å². The molecule has 5 nitrogen and oxygen atoms in total. The van der Waals surface area contributed by atoms with Gasteiger partial charge in [0.25, 0.3) is 0 Å². The SMILES string of the molecule is COc1ccc(/C=C\C(=O)c2c(O)cc(OC)cc2O)cc1. The maximum absolute atomic E-state index is 12.1. The highest BCUT2D eigenvalue weighted by molar-refractivity contribution is 6.10. The maximum Gasteiger partial charge on any atom is 0.193 e. The first-order valence-electron chi connectivity index (χ1n) is 6.51. The summed E-state index contributed by atoms with van der Waals surface area (Å²) >= 11 is 0. The van der Waals surface area contributed by atoms with Gasteiger partial charge in [-0.1, -0.05) is 18.2 Å². The molecule has 0 aliphatic heterocycles. The Morgan fingerprint density at radius 1 is 0.955 bits per heavy atom. The molecule has 0 heterocycles. The molecule has 0 atom stereocenters. The van der Waals surface area contributed by atoms with Crippen molar-refractivity contribution in [3.63, 3.8) is 0 Å². The maximum atomic E-state index is 12.1. The van der Waals surface area contributed by atoms with Crippen LogP contribution in [0, 0.1) is 0 Å². The van der Waals surface area contributed by atoms with Gasteiger partial charge in [-0.2, -0.15) is 0 Å². The highest BCUT2D eigenvalue weighted by Gasteiger charge is 2.15. The number of carbonyl (C=O) groups is 1. The number of hydrogen-bond acceptors (Lipinski definition) is 5. The molecule has 22 heavy (non-hydrogen) atoms. The fourth-order valence-electron chi connectivity index (χ4n) is 1.93. The molecule has 0 radical (unpaired) electrons. The summed E-state index contributed by atoms with van der Waals surface area (Å²) in [6.07, 6.45) is 2.87. The predicted molar refractivity (Wildman–Crippen MR) is 82.7 cm³/mol. The van der Waals surface area contributed by atoms with Crippen LogP contribution < -0.4 is 9.47 Å². The lowest BCUT2D eigenvalue weighted by atomic mass is 10.1. The Bertz CT molecular complexity index is 678. The number of carbonyl (C=O) groups excluding carboxylic acids is 1. The van der Waals surface area contributed by atoms with Crippen molar-refractivity contribution in [2.75, 3.05) is 14.2 Å². The minimum atomic E-state index is -0.506. The Morgan fingerprint density at radius 2 is 1.50 bits per heavy atom. The van der Waals surface area contributed by atoms with Gasteiger partial charge in [0, 0.05) is 12.1 Å². The standard InChI is InChI=1S/C17H16O5/c1-21-12-6-3-11(4-7-12)5-8-14(18)17-15(19)9-13(22-2)10-16(17)20/h3-10,19-20H,1-2H3/b8-5-. The molecule has 5 heteroatoms. The van der Waals surface area contributed by atoms with Crippen molar-refractivity contribution in [3.05, 3.63) is 53.6 Å². The molecule has 0 saturated heterocycles. The van der Waals surface area contributed by atoms with Crippen LogP contribution in [0.1, 0.15) is 15.9 Å². The number of benzene rings is 2. The fourth-order valence-corrected chi connectivity index (χ4v) is 1.93. The predicted octanol–water partition coefficient (Wildman–Crippen LogP) is 3.01. The van der Waals surface area contributed by atoms with Gasteiger partial charge in [-0.05, 0) is 23.8 Å². The van der Waals surface area contributed by atoms with E-state index in [1.807, 2.05) is 0 Å². The van der Waals surface area contributed by atoms with Crippen molar-refractivity contribution in [2.45, 2.75) is 0 Å². The van der Waals surface area contributed by atoms with Crippen molar-refractivity contribution in [2.24, 2.45) is 0 Å². The first-order chi connectivity index (χ1) is 10.5. The molecule has 0 saturated carbocycles. The van der Waals surface area contributed by atoms with E-state index in [0.29, 0.717) is 5.75 Å². The van der Waals surface area contributed by atoms with Gasteiger partial charge in [0.15, 0.2) is 5.78 Å². The second-order valence-electron chi connectivity index (χ2n) is 4.51. The lowest BCUT2D eigenvalue weighted by molar-refractivity contribution is 0.104. The van der Waals surface area contributed by atoms with Gasteiger partial charge in [-0.15, -0.1) is 0 Å². The van der Waals surface area contributed by atoms with Gasteiger partial charge in [0.2, 0.25) is 0 Å². The number of aromatic hydroxyl groups is 2. The minimum Gasteiger partial charge on any atom is -0.507 e. The minimum absolute atomic E-state index is 0.162. The van der Waals surface area contributed by atoms with Crippen LogP contribution >= 0.6 is 0 Å². The summed E-state index contributed by atoms with van der Waals surface area (Å²) in [4.78, 5) is 12.1. The van der Waals surface area contributed by atoms with Crippen molar-refractivity contribution in [1.82, 2.24) is 0 Å². The van der Waals surface area contributed by atoms with E-state index < -0.39 is 5.78 Å². The number of hydrogen-bond donors (Lipinski definition) is 2. The van der Waals surface area contributed by atoms with Gasteiger partial charge in [0.05, 0.1) is 14.2 Å². The normalized spacial score (nSPS) is 10.6. The summed E-state index contributed by atoms with van der Waals surface area (Å²) in [5.74, 6) is -0.185. The molecule has 114 valence electrons. The first kappa shape index (κ1) is 15.4. The van der Waals surface area contributed by atoms with Gasteiger partial charge in [-0.3, -0.25) is 4.79 Å². The highest BCUT2D eigenvalue weighted by Crippen LogP contribution is 2.33. The van der Waals surface area contributed by atoms with E-state index in [1.165, 1.54) is 25.3 Å². The largest absolute Gasteiger partial charge is 0.507 e. The number of methoxy groups -OCH3 is 2. The number of rotatable bonds is 5. The topological polar surface area (TPSA) is 76.0 Å². The Morgan fingerprint density at radius 3 is 2.00 bits per heavy atom. The van der Waals surface area contributed by atoms with Gasteiger partial charge >= 0.3 is 0 Å². The van der Waals surface area contributed by atoms with E-state index in [0.717, 1.165) is 5.56 Å². The average molecular weight is 300 g/mol. The quantitative estimate of drug-likeness (QED) is 0.655. The lowest BCUT2D eigenvalue weighted by Crippen LogP contribution is -1.97. The number of phenols is 2. The number of phenolic OH excluding ortho intramolecular Hbond substituents is 2. The summed E-state index contributed by atoms with van der Waals surface area (Å²) < 4.78 is 9.95. The van der Waals surface area contributed by atoms with Gasteiger partial charge < -0.3 is 19.7 Å². The smallest absolute Gasteiger partial charge is 0.193 e. The Hall–Kier alpha value is -2.95. The van der Waals surface area contributed by atoms with Crippen LogP contribution in [0.15, 0.2) is 42.5 Å². The van der Waals surface area contributed by atoms with E-state index in [2.05, 4.69) is 0 Å². The van der Waals surface area contributed by atoms with Crippen LogP contribution in [0.4, 0.5) is 0 Å². The molecular weight excluding hydrogens is 284 g/mol. The molecule has 2 aromatic carbocycles. The molecule has 0 spiro atoms. The summed E-state index contributed by atoms with van der Waals surface area (Å²) in [5, 5.41) is 19.7. The van der Waals surface area contributed by atoms with Crippen LogP contribution in [0.2, 0.25) is 0 Å². The fraction of sp³-hybridized carbons (Fsp3) is 0.118.